The number of hydrogen-bond acceptors (Lipinski definition) is 1. The first-order chi connectivity index (χ1) is 22.3. The highest BCUT2D eigenvalue weighted by Crippen LogP contribution is 2.38. The first-order valence-electron chi connectivity index (χ1n) is 15.3. The summed E-state index contributed by atoms with van der Waals surface area (Å²) in [5, 5.41) is 6.17. The van der Waals surface area contributed by atoms with Crippen LogP contribution in [0.4, 0.5) is 17.1 Å². The number of hydrogen-bond donors (Lipinski definition) is 1. The average Bonchev–Trinajstić information content (AvgIpc) is 3.69. The van der Waals surface area contributed by atoms with Crippen LogP contribution in [-0.2, 0) is 0 Å². The molecular weight excluding hydrogens is 546 g/mol. The van der Waals surface area contributed by atoms with Crippen LogP contribution in [0.15, 0.2) is 170 Å². The van der Waals surface area contributed by atoms with Gasteiger partial charge in [0.25, 0.3) is 0 Å². The monoisotopic (exact) mass is 575 g/mol. The molecule has 0 atom stereocenters. The molecule has 9 aromatic rings. The van der Waals surface area contributed by atoms with E-state index in [9.17, 15) is 0 Å². The normalized spacial score (nSPS) is 11.6. The molecular formula is C42H29N3. The molecule has 0 bridgehead atoms. The third-order valence-electron chi connectivity index (χ3n) is 8.93. The molecule has 1 N–H and O–H groups in total. The van der Waals surface area contributed by atoms with E-state index in [1.54, 1.807) is 0 Å². The highest BCUT2D eigenvalue weighted by Gasteiger charge is 2.15. The zero-order valence-electron chi connectivity index (χ0n) is 24.6. The fraction of sp³-hybridized carbons (Fsp3) is 0. The summed E-state index contributed by atoms with van der Waals surface area (Å²) in [6, 6.07) is 58.8. The molecule has 0 amide bonds. The lowest BCUT2D eigenvalue weighted by Crippen LogP contribution is -2.10. The summed E-state index contributed by atoms with van der Waals surface area (Å²) in [4.78, 5) is 5.92. The van der Waals surface area contributed by atoms with Crippen molar-refractivity contribution in [2.45, 2.75) is 0 Å². The molecule has 45 heavy (non-hydrogen) atoms. The van der Waals surface area contributed by atoms with Gasteiger partial charge >= 0.3 is 0 Å². The number of nitrogens with one attached hydrogen (secondary N) is 1. The fourth-order valence-electron chi connectivity index (χ4n) is 6.66. The Hall–Kier alpha value is -6.06. The lowest BCUT2D eigenvalue weighted by atomic mass is 10.0. The second-order valence-electron chi connectivity index (χ2n) is 11.6. The van der Waals surface area contributed by atoms with Crippen molar-refractivity contribution in [3.63, 3.8) is 0 Å². The van der Waals surface area contributed by atoms with Crippen LogP contribution in [0, 0.1) is 0 Å². The van der Waals surface area contributed by atoms with E-state index in [0.717, 1.165) is 22.7 Å². The maximum atomic E-state index is 3.58. The Morgan fingerprint density at radius 2 is 1.09 bits per heavy atom. The maximum absolute atomic E-state index is 3.58. The maximum Gasteiger partial charge on any atom is 0.0536 e. The number of anilines is 3. The molecule has 0 unspecified atom stereocenters. The quantitative estimate of drug-likeness (QED) is 0.217. The lowest BCUT2D eigenvalue weighted by molar-refractivity contribution is 1.13. The minimum Gasteiger partial charge on any atom is -0.354 e. The van der Waals surface area contributed by atoms with E-state index in [-0.39, 0.29) is 0 Å². The SMILES string of the molecule is c1ccc(-c2ccc(N(c3ccc(-n4ccc5cc6[nH]c7ccccc7c6cc54)cc3)c3ccc4ccccc4c3)cc2)cc1. The van der Waals surface area contributed by atoms with Crippen molar-refractivity contribution < 1.29 is 0 Å². The molecule has 0 aliphatic heterocycles. The van der Waals surface area contributed by atoms with Gasteiger partial charge in [0.1, 0.15) is 0 Å². The molecule has 2 aromatic heterocycles. The summed E-state index contributed by atoms with van der Waals surface area (Å²) in [5.41, 5.74) is 10.4. The zero-order valence-corrected chi connectivity index (χ0v) is 24.6. The molecule has 0 aliphatic carbocycles. The Bertz CT molecular complexity index is 2470. The van der Waals surface area contributed by atoms with E-state index in [1.807, 2.05) is 0 Å². The van der Waals surface area contributed by atoms with Crippen LogP contribution in [0.2, 0.25) is 0 Å². The van der Waals surface area contributed by atoms with Crippen LogP contribution in [0.1, 0.15) is 0 Å². The number of fused-ring (bicyclic) bond motifs is 5. The summed E-state index contributed by atoms with van der Waals surface area (Å²) >= 11 is 0. The minimum absolute atomic E-state index is 1.11. The molecule has 7 aromatic carbocycles. The van der Waals surface area contributed by atoms with Gasteiger partial charge in [-0.3, -0.25) is 0 Å². The van der Waals surface area contributed by atoms with Crippen molar-refractivity contribution >= 4 is 60.5 Å². The standard InChI is InChI=1S/C42H29N3/c1-2-8-29(9-3-1)31-14-17-35(18-15-31)45(37-19-16-30-10-4-5-11-32(30)26-37)36-22-20-34(21-23-36)44-25-24-33-27-41-39(28-42(33)44)38-12-6-7-13-40(38)43-41/h1-28,43H. The number of nitrogens with zero attached hydrogens (tertiary/aromatic N) is 2. The van der Waals surface area contributed by atoms with Crippen LogP contribution < -0.4 is 4.90 Å². The summed E-state index contributed by atoms with van der Waals surface area (Å²) in [5.74, 6) is 0. The molecule has 0 spiro atoms. The Morgan fingerprint density at radius 1 is 0.422 bits per heavy atom. The van der Waals surface area contributed by atoms with Gasteiger partial charge < -0.3 is 14.5 Å². The zero-order chi connectivity index (χ0) is 29.7. The largest absolute Gasteiger partial charge is 0.354 e. The molecule has 0 aliphatic rings. The highest BCUT2D eigenvalue weighted by molar-refractivity contribution is 6.11. The van der Waals surface area contributed by atoms with Gasteiger partial charge in [0.05, 0.1) is 5.52 Å². The number of aromatic amines is 1. The van der Waals surface area contributed by atoms with Crippen LogP contribution in [0.5, 0.6) is 0 Å². The van der Waals surface area contributed by atoms with Crippen LogP contribution in [0.3, 0.4) is 0 Å². The Balaban J connectivity index is 1.14. The van der Waals surface area contributed by atoms with E-state index in [0.29, 0.717) is 0 Å². The van der Waals surface area contributed by atoms with Crippen molar-refractivity contribution in [3.05, 3.63) is 170 Å². The third kappa shape index (κ3) is 4.37. The second kappa shape index (κ2) is 10.3. The van der Waals surface area contributed by atoms with Crippen molar-refractivity contribution in [2.24, 2.45) is 0 Å². The van der Waals surface area contributed by atoms with Gasteiger partial charge in [-0.2, -0.15) is 0 Å². The predicted octanol–water partition coefficient (Wildman–Crippen LogP) is 11.6. The fourth-order valence-corrected chi connectivity index (χ4v) is 6.66. The number of para-hydroxylation sites is 1. The van der Waals surface area contributed by atoms with Crippen LogP contribution in [-0.4, -0.2) is 9.55 Å². The molecule has 3 nitrogen and oxygen atoms in total. The van der Waals surface area contributed by atoms with Gasteiger partial charge in [-0.25, -0.2) is 0 Å². The van der Waals surface area contributed by atoms with E-state index in [1.165, 1.54) is 54.6 Å². The first kappa shape index (κ1) is 25.4. The molecule has 0 saturated heterocycles. The smallest absolute Gasteiger partial charge is 0.0536 e. The van der Waals surface area contributed by atoms with E-state index < -0.39 is 0 Å². The summed E-state index contributed by atoms with van der Waals surface area (Å²) < 4.78 is 2.29. The van der Waals surface area contributed by atoms with Gasteiger partial charge in [0, 0.05) is 56.1 Å². The van der Waals surface area contributed by atoms with Crippen LogP contribution >= 0.6 is 0 Å². The lowest BCUT2D eigenvalue weighted by Gasteiger charge is -2.26. The van der Waals surface area contributed by atoms with Gasteiger partial charge in [0.15, 0.2) is 0 Å². The van der Waals surface area contributed by atoms with Gasteiger partial charge in [-0.05, 0) is 94.7 Å². The number of H-pyrrole nitrogens is 1. The molecule has 9 rings (SSSR count). The van der Waals surface area contributed by atoms with Gasteiger partial charge in [-0.15, -0.1) is 0 Å². The molecule has 2 heterocycles. The predicted molar refractivity (Wildman–Crippen MR) is 190 cm³/mol. The topological polar surface area (TPSA) is 24.0 Å². The van der Waals surface area contributed by atoms with Crippen molar-refractivity contribution in [2.75, 3.05) is 4.90 Å². The molecule has 0 saturated carbocycles. The van der Waals surface area contributed by atoms with Crippen molar-refractivity contribution in [1.82, 2.24) is 9.55 Å². The van der Waals surface area contributed by atoms with Crippen molar-refractivity contribution in [1.29, 1.82) is 0 Å². The van der Waals surface area contributed by atoms with E-state index in [4.69, 9.17) is 0 Å². The highest BCUT2D eigenvalue weighted by atomic mass is 15.1. The Labute approximate surface area is 261 Å². The Morgan fingerprint density at radius 3 is 1.91 bits per heavy atom. The second-order valence-corrected chi connectivity index (χ2v) is 11.6. The molecule has 212 valence electrons. The molecule has 0 fully saturated rings. The van der Waals surface area contributed by atoms with E-state index in [2.05, 4.69) is 184 Å². The Kier molecular flexibility index (Phi) is 5.82. The summed E-state index contributed by atoms with van der Waals surface area (Å²) in [7, 11) is 0. The summed E-state index contributed by atoms with van der Waals surface area (Å²) in [6.45, 7) is 0. The average molecular weight is 576 g/mol. The molecule has 0 radical (unpaired) electrons. The van der Waals surface area contributed by atoms with E-state index >= 15 is 0 Å². The first-order valence-corrected chi connectivity index (χ1v) is 15.3. The van der Waals surface area contributed by atoms with Crippen LogP contribution in [0.25, 0.3) is 60.3 Å². The minimum atomic E-state index is 1.11. The summed E-state index contributed by atoms with van der Waals surface area (Å²) in [6.07, 6.45) is 2.17. The molecule has 3 heteroatoms. The third-order valence-corrected chi connectivity index (χ3v) is 8.93. The number of benzene rings is 7. The number of aromatic nitrogens is 2. The van der Waals surface area contributed by atoms with Crippen molar-refractivity contribution in [3.8, 4) is 16.8 Å². The van der Waals surface area contributed by atoms with Gasteiger partial charge in [-0.1, -0.05) is 91.0 Å². The van der Waals surface area contributed by atoms with Gasteiger partial charge in [0.2, 0.25) is 0 Å². The number of rotatable bonds is 5.